The predicted octanol–water partition coefficient (Wildman–Crippen LogP) is 6.25. The fourth-order valence-electron chi connectivity index (χ4n) is 4.15. The van der Waals surface area contributed by atoms with E-state index in [0.29, 0.717) is 41.1 Å². The highest BCUT2D eigenvalue weighted by Gasteiger charge is 2.37. The molecule has 1 aliphatic heterocycles. The number of nitrogens with one attached hydrogen (secondary N) is 1. The number of rotatable bonds is 7. The molecule has 1 N–H and O–H groups in total. The van der Waals surface area contributed by atoms with E-state index in [1.54, 1.807) is 31.4 Å². The van der Waals surface area contributed by atoms with Crippen molar-refractivity contribution < 1.29 is 14.3 Å². The number of ether oxygens (including phenoxy) is 1. The highest BCUT2D eigenvalue weighted by atomic mass is 35.5. The molecule has 2 amide bonds. The van der Waals surface area contributed by atoms with Crippen molar-refractivity contribution in [3.05, 3.63) is 79.7 Å². The highest BCUT2D eigenvalue weighted by molar-refractivity contribution is 7.09. The van der Waals surface area contributed by atoms with Gasteiger partial charge in [-0.2, -0.15) is 0 Å². The van der Waals surface area contributed by atoms with E-state index in [2.05, 4.69) is 10.3 Å². The van der Waals surface area contributed by atoms with Gasteiger partial charge < -0.3 is 15.0 Å². The van der Waals surface area contributed by atoms with E-state index >= 15 is 0 Å². The summed E-state index contributed by atoms with van der Waals surface area (Å²) in [7, 11) is 0. The molecule has 4 rings (SSSR count). The number of hydrogen-bond donors (Lipinski definition) is 1. The third-order valence-electron chi connectivity index (χ3n) is 6.29. The molecule has 1 fully saturated rings. The summed E-state index contributed by atoms with van der Waals surface area (Å²) in [4.78, 5) is 32.2. The fraction of sp³-hybridized carbons (Fsp3) is 0.370. The minimum absolute atomic E-state index is 0.0729. The SMILES string of the molecule is Cc1ccc(CNC(=O)c2csc(C3CCN(C(=O)C(C)(C)Oc4ccccc4Cl)CC3)n2)cc1Cl. The first kappa shape index (κ1) is 26.5. The number of aryl methyl sites for hydroxylation is 1. The van der Waals surface area contributed by atoms with Gasteiger partial charge >= 0.3 is 0 Å². The van der Waals surface area contributed by atoms with Crippen LogP contribution in [-0.4, -0.2) is 40.4 Å². The van der Waals surface area contributed by atoms with Crippen LogP contribution in [0, 0.1) is 6.92 Å². The predicted molar refractivity (Wildman–Crippen MR) is 144 cm³/mol. The van der Waals surface area contributed by atoms with E-state index < -0.39 is 5.60 Å². The molecule has 9 heteroatoms. The quantitative estimate of drug-likeness (QED) is 0.380. The third-order valence-corrected chi connectivity index (χ3v) is 8.02. The first-order chi connectivity index (χ1) is 17.1. The highest BCUT2D eigenvalue weighted by Crippen LogP contribution is 2.33. The molecule has 2 aromatic carbocycles. The van der Waals surface area contributed by atoms with Crippen molar-refractivity contribution in [1.29, 1.82) is 0 Å². The first-order valence-electron chi connectivity index (χ1n) is 11.9. The Morgan fingerprint density at radius 1 is 1.14 bits per heavy atom. The second-order valence-corrected chi connectivity index (χ2v) is 11.2. The standard InChI is InChI=1S/C27H29Cl2N3O3S/c1-17-8-9-18(14-21(17)29)15-30-24(33)22-16-36-25(31-22)19-10-12-32(13-11-19)26(34)27(2,3)35-23-7-5-4-6-20(23)28/h4-9,14,16,19H,10-13,15H2,1-3H3,(H,30,33). The second-order valence-electron chi connectivity index (χ2n) is 9.45. The number of hydrogen-bond acceptors (Lipinski definition) is 5. The van der Waals surface area contributed by atoms with Crippen LogP contribution >= 0.6 is 34.5 Å². The monoisotopic (exact) mass is 545 g/mol. The van der Waals surface area contributed by atoms with E-state index in [4.69, 9.17) is 27.9 Å². The van der Waals surface area contributed by atoms with Crippen LogP contribution in [0.3, 0.4) is 0 Å². The summed E-state index contributed by atoms with van der Waals surface area (Å²) in [5, 5.41) is 6.79. The van der Waals surface area contributed by atoms with Crippen molar-refractivity contribution in [2.75, 3.05) is 13.1 Å². The lowest BCUT2D eigenvalue weighted by atomic mass is 9.96. The lowest BCUT2D eigenvalue weighted by molar-refractivity contribution is -0.146. The molecule has 0 saturated carbocycles. The van der Waals surface area contributed by atoms with Gasteiger partial charge in [0, 0.05) is 36.0 Å². The molecule has 1 aliphatic rings. The number of aromatic nitrogens is 1. The van der Waals surface area contributed by atoms with Crippen molar-refractivity contribution in [2.45, 2.75) is 51.7 Å². The number of nitrogens with zero attached hydrogens (tertiary/aromatic N) is 2. The van der Waals surface area contributed by atoms with Crippen molar-refractivity contribution in [1.82, 2.24) is 15.2 Å². The summed E-state index contributed by atoms with van der Waals surface area (Å²) in [6.07, 6.45) is 1.56. The zero-order chi connectivity index (χ0) is 25.9. The number of halogens is 2. The van der Waals surface area contributed by atoms with Crippen LogP contribution in [0.5, 0.6) is 5.75 Å². The zero-order valence-electron chi connectivity index (χ0n) is 20.5. The van der Waals surface area contributed by atoms with Crippen LogP contribution < -0.4 is 10.1 Å². The number of amides is 2. The average Bonchev–Trinajstić information content (AvgIpc) is 3.36. The zero-order valence-corrected chi connectivity index (χ0v) is 22.8. The summed E-state index contributed by atoms with van der Waals surface area (Å²) in [5.74, 6) is 0.423. The molecule has 3 aromatic rings. The molecule has 6 nitrogen and oxygen atoms in total. The van der Waals surface area contributed by atoms with Crippen molar-refractivity contribution in [2.24, 2.45) is 0 Å². The summed E-state index contributed by atoms with van der Waals surface area (Å²) in [6, 6.07) is 12.9. The molecule has 1 saturated heterocycles. The number of para-hydroxylation sites is 1. The van der Waals surface area contributed by atoms with Gasteiger partial charge in [0.1, 0.15) is 11.4 Å². The lowest BCUT2D eigenvalue weighted by Gasteiger charge is -2.36. The van der Waals surface area contributed by atoms with Gasteiger partial charge in [-0.25, -0.2) is 4.98 Å². The van der Waals surface area contributed by atoms with Gasteiger partial charge in [0.25, 0.3) is 11.8 Å². The van der Waals surface area contributed by atoms with E-state index in [9.17, 15) is 9.59 Å². The molecule has 0 aliphatic carbocycles. The number of carbonyl (C=O) groups excluding carboxylic acids is 2. The molecule has 0 radical (unpaired) electrons. The van der Waals surface area contributed by atoms with E-state index in [0.717, 1.165) is 29.0 Å². The molecule has 36 heavy (non-hydrogen) atoms. The Kier molecular flexibility index (Phi) is 8.23. The van der Waals surface area contributed by atoms with Gasteiger partial charge in [-0.05, 0) is 62.9 Å². The van der Waals surface area contributed by atoms with Gasteiger partial charge in [0.2, 0.25) is 0 Å². The number of likely N-dealkylation sites (tertiary alicyclic amines) is 1. The fourth-order valence-corrected chi connectivity index (χ4v) is 5.50. The van der Waals surface area contributed by atoms with Crippen LogP contribution in [0.15, 0.2) is 47.8 Å². The van der Waals surface area contributed by atoms with Gasteiger partial charge in [0.05, 0.1) is 10.0 Å². The molecular formula is C27H29Cl2N3O3S. The topological polar surface area (TPSA) is 71.5 Å². The number of carbonyl (C=O) groups is 2. The van der Waals surface area contributed by atoms with Crippen LogP contribution in [0.4, 0.5) is 0 Å². The molecule has 0 spiro atoms. The first-order valence-corrected chi connectivity index (χ1v) is 13.5. The number of thiazole rings is 1. The summed E-state index contributed by atoms with van der Waals surface area (Å²) >= 11 is 13.9. The Morgan fingerprint density at radius 3 is 2.56 bits per heavy atom. The minimum Gasteiger partial charge on any atom is -0.476 e. The summed E-state index contributed by atoms with van der Waals surface area (Å²) in [5.41, 5.74) is 1.32. The summed E-state index contributed by atoms with van der Waals surface area (Å²) in [6.45, 7) is 7.07. The van der Waals surface area contributed by atoms with E-state index in [1.807, 2.05) is 42.2 Å². The Morgan fingerprint density at radius 2 is 1.86 bits per heavy atom. The van der Waals surface area contributed by atoms with Crippen LogP contribution in [-0.2, 0) is 11.3 Å². The maximum atomic E-state index is 13.2. The van der Waals surface area contributed by atoms with Crippen LogP contribution in [0.25, 0.3) is 0 Å². The third kappa shape index (κ3) is 6.20. The largest absolute Gasteiger partial charge is 0.476 e. The molecule has 190 valence electrons. The smallest absolute Gasteiger partial charge is 0.271 e. The molecule has 0 unspecified atom stereocenters. The number of benzene rings is 2. The Labute approximate surface area is 225 Å². The van der Waals surface area contributed by atoms with Gasteiger partial charge in [-0.15, -0.1) is 11.3 Å². The second kappa shape index (κ2) is 11.2. The van der Waals surface area contributed by atoms with Crippen LogP contribution in [0.2, 0.25) is 10.0 Å². The molecule has 1 aromatic heterocycles. The van der Waals surface area contributed by atoms with Crippen molar-refractivity contribution >= 4 is 46.4 Å². The average molecular weight is 547 g/mol. The Bertz CT molecular complexity index is 1250. The van der Waals surface area contributed by atoms with Crippen molar-refractivity contribution in [3.63, 3.8) is 0 Å². The van der Waals surface area contributed by atoms with Gasteiger partial charge in [0.15, 0.2) is 5.60 Å². The molecule has 0 atom stereocenters. The summed E-state index contributed by atoms with van der Waals surface area (Å²) < 4.78 is 5.97. The van der Waals surface area contributed by atoms with E-state index in [1.165, 1.54) is 11.3 Å². The Balaban J connectivity index is 1.30. The Hall–Kier alpha value is -2.61. The van der Waals surface area contributed by atoms with Gasteiger partial charge in [-0.1, -0.05) is 47.5 Å². The van der Waals surface area contributed by atoms with Gasteiger partial charge in [-0.3, -0.25) is 9.59 Å². The van der Waals surface area contributed by atoms with Crippen LogP contribution in [0.1, 0.15) is 59.2 Å². The van der Waals surface area contributed by atoms with E-state index in [-0.39, 0.29) is 17.7 Å². The maximum Gasteiger partial charge on any atom is 0.271 e. The molecule has 0 bridgehead atoms. The molecule has 2 heterocycles. The molecular weight excluding hydrogens is 517 g/mol. The van der Waals surface area contributed by atoms with Crippen molar-refractivity contribution in [3.8, 4) is 5.75 Å². The normalized spacial score (nSPS) is 14.5. The number of piperidine rings is 1. The lowest BCUT2D eigenvalue weighted by Crippen LogP contribution is -2.51. The minimum atomic E-state index is -1.04. The maximum absolute atomic E-state index is 13.2.